The van der Waals surface area contributed by atoms with E-state index in [2.05, 4.69) is 15.6 Å². The zero-order chi connectivity index (χ0) is 14.5. The molecule has 0 bridgehead atoms. The molecule has 2 rings (SSSR count). The molecule has 0 saturated carbocycles. The predicted molar refractivity (Wildman–Crippen MR) is 79.3 cm³/mol. The molecule has 2 amide bonds. The fourth-order valence-corrected chi connectivity index (χ4v) is 2.21. The first-order chi connectivity index (χ1) is 9.56. The molecule has 2 N–H and O–H groups in total. The Morgan fingerprint density at radius 1 is 1.25 bits per heavy atom. The van der Waals surface area contributed by atoms with Gasteiger partial charge in [0.05, 0.1) is 5.70 Å². The minimum Gasteiger partial charge on any atom is -0.305 e. The molecule has 0 aliphatic carbocycles. The number of thiazole rings is 1. The number of aromatic nitrogens is 1. The number of anilines is 1. The Kier molecular flexibility index (Phi) is 4.94. The monoisotopic (exact) mass is 331 g/mol. The molecule has 20 heavy (non-hydrogen) atoms. The van der Waals surface area contributed by atoms with E-state index in [-0.39, 0.29) is 10.2 Å². The summed E-state index contributed by atoms with van der Waals surface area (Å²) in [7, 11) is 0. The van der Waals surface area contributed by atoms with Crippen LogP contribution in [0.3, 0.4) is 0 Å². The van der Waals surface area contributed by atoms with Gasteiger partial charge in [0, 0.05) is 17.1 Å². The van der Waals surface area contributed by atoms with Gasteiger partial charge in [0.25, 0.3) is 0 Å². The molecule has 0 fully saturated rings. The van der Waals surface area contributed by atoms with E-state index in [0.717, 1.165) is 0 Å². The van der Waals surface area contributed by atoms with Gasteiger partial charge in [0.1, 0.15) is 10.3 Å². The van der Waals surface area contributed by atoms with E-state index in [1.54, 1.807) is 11.6 Å². The fourth-order valence-electron chi connectivity index (χ4n) is 1.37. The van der Waals surface area contributed by atoms with E-state index >= 15 is 0 Å². The number of rotatable bonds is 3. The molecule has 0 saturated heterocycles. The number of carbonyl (C=O) groups is 1. The molecule has 0 spiro atoms. The maximum Gasteiger partial charge on any atom is 0.325 e. The predicted octanol–water partition coefficient (Wildman–Crippen LogP) is 4.21. The Hall–Kier alpha value is -1.63. The van der Waals surface area contributed by atoms with Crippen LogP contribution in [0.15, 0.2) is 40.3 Å². The Balaban J connectivity index is 2.13. The van der Waals surface area contributed by atoms with Crippen molar-refractivity contribution in [2.45, 2.75) is 0 Å². The van der Waals surface area contributed by atoms with E-state index in [1.807, 2.05) is 0 Å². The van der Waals surface area contributed by atoms with Crippen LogP contribution < -0.4 is 10.6 Å². The summed E-state index contributed by atoms with van der Waals surface area (Å²) in [6, 6.07) is 4.86. The van der Waals surface area contributed by atoms with Gasteiger partial charge in [-0.3, -0.25) is 5.32 Å². The van der Waals surface area contributed by atoms with Crippen molar-refractivity contribution < 1.29 is 9.18 Å². The summed E-state index contributed by atoms with van der Waals surface area (Å²) in [6.45, 7) is 0. The third kappa shape index (κ3) is 3.93. The maximum absolute atomic E-state index is 12.9. The van der Waals surface area contributed by atoms with Gasteiger partial charge in [0.2, 0.25) is 0 Å². The SMILES string of the molecule is O=C(NC(=C(Cl)Cl)c1ccc(F)cc1)Nc1nccs1. The molecule has 0 radical (unpaired) electrons. The second kappa shape index (κ2) is 6.69. The molecule has 2 aromatic rings. The fraction of sp³-hybridized carbons (Fsp3) is 0. The van der Waals surface area contributed by atoms with Crippen molar-refractivity contribution in [3.8, 4) is 0 Å². The summed E-state index contributed by atoms with van der Waals surface area (Å²) < 4.78 is 12.7. The van der Waals surface area contributed by atoms with Gasteiger partial charge < -0.3 is 5.32 Å². The van der Waals surface area contributed by atoms with E-state index in [0.29, 0.717) is 10.7 Å². The lowest BCUT2D eigenvalue weighted by Gasteiger charge is -2.10. The van der Waals surface area contributed by atoms with Crippen molar-refractivity contribution in [2.24, 2.45) is 0 Å². The Morgan fingerprint density at radius 2 is 1.95 bits per heavy atom. The van der Waals surface area contributed by atoms with E-state index in [1.165, 1.54) is 35.6 Å². The quantitative estimate of drug-likeness (QED) is 0.885. The number of nitrogens with zero attached hydrogens (tertiary/aromatic N) is 1. The van der Waals surface area contributed by atoms with Crippen LogP contribution in [0.1, 0.15) is 5.56 Å². The molecule has 0 aliphatic heterocycles. The molecule has 4 nitrogen and oxygen atoms in total. The van der Waals surface area contributed by atoms with Crippen molar-refractivity contribution >= 4 is 51.4 Å². The number of urea groups is 1. The molecular weight excluding hydrogens is 324 g/mol. The van der Waals surface area contributed by atoms with Crippen LogP contribution in [0.4, 0.5) is 14.3 Å². The molecular formula is C12H8Cl2FN3OS. The third-order valence-electron chi connectivity index (χ3n) is 2.21. The van der Waals surface area contributed by atoms with E-state index in [9.17, 15) is 9.18 Å². The zero-order valence-corrected chi connectivity index (χ0v) is 12.2. The lowest BCUT2D eigenvalue weighted by molar-refractivity contribution is 0.255. The number of hydrogen-bond acceptors (Lipinski definition) is 3. The molecule has 0 unspecified atom stereocenters. The summed E-state index contributed by atoms with van der Waals surface area (Å²) in [5, 5.41) is 7.18. The standard InChI is InChI=1S/C12H8Cl2FN3OS/c13-10(14)9(7-1-3-8(15)4-2-7)17-11(19)18-12-16-5-6-20-12/h1-6H,(H2,16,17,18,19). The van der Waals surface area contributed by atoms with Crippen LogP contribution in [0.25, 0.3) is 5.70 Å². The van der Waals surface area contributed by atoms with Crippen LogP contribution in [0, 0.1) is 5.82 Å². The molecule has 0 aliphatic rings. The van der Waals surface area contributed by atoms with E-state index in [4.69, 9.17) is 23.2 Å². The van der Waals surface area contributed by atoms with Gasteiger partial charge in [-0.1, -0.05) is 23.2 Å². The second-order valence-corrected chi connectivity index (χ2v) is 5.40. The van der Waals surface area contributed by atoms with Crippen molar-refractivity contribution in [3.05, 3.63) is 51.7 Å². The van der Waals surface area contributed by atoms with Crippen LogP contribution in [-0.2, 0) is 0 Å². The maximum atomic E-state index is 12.9. The minimum absolute atomic E-state index is 0.133. The third-order valence-corrected chi connectivity index (χ3v) is 3.28. The summed E-state index contributed by atoms with van der Waals surface area (Å²) in [5.41, 5.74) is 0.670. The summed E-state index contributed by atoms with van der Waals surface area (Å²) >= 11 is 12.7. The summed E-state index contributed by atoms with van der Waals surface area (Å²) in [4.78, 5) is 15.7. The van der Waals surface area contributed by atoms with Gasteiger partial charge in [-0.2, -0.15) is 0 Å². The number of halogens is 3. The topological polar surface area (TPSA) is 54.0 Å². The lowest BCUT2D eigenvalue weighted by atomic mass is 10.2. The Bertz CT molecular complexity index is 625. The van der Waals surface area contributed by atoms with Gasteiger partial charge >= 0.3 is 6.03 Å². The summed E-state index contributed by atoms with van der Waals surface area (Å²) in [6.07, 6.45) is 1.56. The summed E-state index contributed by atoms with van der Waals surface area (Å²) in [5.74, 6) is -0.397. The van der Waals surface area contributed by atoms with Crippen molar-refractivity contribution in [1.82, 2.24) is 10.3 Å². The highest BCUT2D eigenvalue weighted by Gasteiger charge is 2.11. The van der Waals surface area contributed by atoms with Crippen molar-refractivity contribution in [3.63, 3.8) is 0 Å². The highest BCUT2D eigenvalue weighted by atomic mass is 35.5. The van der Waals surface area contributed by atoms with E-state index < -0.39 is 11.8 Å². The highest BCUT2D eigenvalue weighted by Crippen LogP contribution is 2.22. The number of hydrogen-bond donors (Lipinski definition) is 2. The molecule has 8 heteroatoms. The molecule has 1 heterocycles. The average Bonchev–Trinajstić information content (AvgIpc) is 2.90. The number of nitrogens with one attached hydrogen (secondary N) is 2. The normalized spacial score (nSPS) is 9.95. The first kappa shape index (κ1) is 14.8. The number of amides is 2. The van der Waals surface area contributed by atoms with Crippen LogP contribution in [-0.4, -0.2) is 11.0 Å². The molecule has 1 aromatic carbocycles. The van der Waals surface area contributed by atoms with Crippen molar-refractivity contribution in [1.29, 1.82) is 0 Å². The Morgan fingerprint density at radius 3 is 2.50 bits per heavy atom. The number of carbonyl (C=O) groups excluding carboxylic acids is 1. The molecule has 104 valence electrons. The van der Waals surface area contributed by atoms with Gasteiger partial charge in [0.15, 0.2) is 5.13 Å². The largest absolute Gasteiger partial charge is 0.325 e. The highest BCUT2D eigenvalue weighted by molar-refractivity contribution is 7.13. The lowest BCUT2D eigenvalue weighted by Crippen LogP contribution is -2.27. The minimum atomic E-state index is -0.543. The first-order valence-corrected chi connectivity index (χ1v) is 6.98. The van der Waals surface area contributed by atoms with Gasteiger partial charge in [-0.05, 0) is 24.3 Å². The van der Waals surface area contributed by atoms with Crippen LogP contribution in [0.5, 0.6) is 0 Å². The van der Waals surface area contributed by atoms with Crippen LogP contribution >= 0.6 is 34.5 Å². The molecule has 1 aromatic heterocycles. The second-order valence-electron chi connectivity index (χ2n) is 3.56. The molecule has 0 atom stereocenters. The van der Waals surface area contributed by atoms with Gasteiger partial charge in [-0.15, -0.1) is 11.3 Å². The van der Waals surface area contributed by atoms with Gasteiger partial charge in [-0.25, -0.2) is 14.2 Å². The smallest absolute Gasteiger partial charge is 0.305 e. The zero-order valence-electron chi connectivity index (χ0n) is 9.86. The first-order valence-electron chi connectivity index (χ1n) is 5.35. The number of benzene rings is 1. The van der Waals surface area contributed by atoms with Crippen LogP contribution in [0.2, 0.25) is 0 Å². The average molecular weight is 332 g/mol. The Labute approximate surface area is 128 Å². The van der Waals surface area contributed by atoms with Crippen molar-refractivity contribution in [2.75, 3.05) is 5.32 Å².